The number of hydrogen-bond donors (Lipinski definition) is 1. The summed E-state index contributed by atoms with van der Waals surface area (Å²) in [6.45, 7) is 10.5. The second-order valence-electron chi connectivity index (χ2n) is 7.66. The Morgan fingerprint density at radius 2 is 1.84 bits per heavy atom. The molecular formula is C17H33NO. The summed E-state index contributed by atoms with van der Waals surface area (Å²) < 4.78 is 6.40. The van der Waals surface area contributed by atoms with Crippen molar-refractivity contribution in [2.24, 2.45) is 11.3 Å². The molecule has 0 bridgehead atoms. The van der Waals surface area contributed by atoms with Crippen molar-refractivity contribution in [2.45, 2.75) is 90.9 Å². The lowest BCUT2D eigenvalue weighted by Crippen LogP contribution is -2.49. The summed E-state index contributed by atoms with van der Waals surface area (Å²) in [6.07, 6.45) is 10.1. The van der Waals surface area contributed by atoms with Gasteiger partial charge >= 0.3 is 0 Å². The summed E-state index contributed by atoms with van der Waals surface area (Å²) >= 11 is 0. The third-order valence-electron chi connectivity index (χ3n) is 5.09. The van der Waals surface area contributed by atoms with Gasteiger partial charge in [-0.2, -0.15) is 0 Å². The quantitative estimate of drug-likeness (QED) is 0.808. The SMILES string of the molecule is CCCNC1CCC(C(C)(C)C)CC1OC1CCC1. The first kappa shape index (κ1) is 15.3. The van der Waals surface area contributed by atoms with Gasteiger partial charge in [-0.25, -0.2) is 0 Å². The van der Waals surface area contributed by atoms with Crippen molar-refractivity contribution in [3.05, 3.63) is 0 Å². The van der Waals surface area contributed by atoms with Crippen molar-refractivity contribution in [1.82, 2.24) is 5.32 Å². The lowest BCUT2D eigenvalue weighted by molar-refractivity contribution is -0.0948. The average molecular weight is 267 g/mol. The molecule has 0 spiro atoms. The van der Waals surface area contributed by atoms with Crippen LogP contribution in [-0.2, 0) is 4.74 Å². The number of nitrogens with one attached hydrogen (secondary N) is 1. The highest BCUT2D eigenvalue weighted by Crippen LogP contribution is 2.40. The van der Waals surface area contributed by atoms with Gasteiger partial charge in [0.1, 0.15) is 0 Å². The topological polar surface area (TPSA) is 21.3 Å². The molecule has 0 aromatic carbocycles. The maximum absolute atomic E-state index is 6.40. The molecule has 3 atom stereocenters. The van der Waals surface area contributed by atoms with Crippen molar-refractivity contribution in [2.75, 3.05) is 6.54 Å². The Morgan fingerprint density at radius 3 is 2.37 bits per heavy atom. The molecule has 2 saturated carbocycles. The normalized spacial score (nSPS) is 33.2. The van der Waals surface area contributed by atoms with Crippen LogP contribution < -0.4 is 5.32 Å². The lowest BCUT2D eigenvalue weighted by atomic mass is 9.70. The molecule has 0 radical (unpaired) electrons. The Balaban J connectivity index is 1.92. The highest BCUT2D eigenvalue weighted by molar-refractivity contribution is 4.91. The van der Waals surface area contributed by atoms with E-state index in [1.807, 2.05) is 0 Å². The summed E-state index contributed by atoms with van der Waals surface area (Å²) in [7, 11) is 0. The van der Waals surface area contributed by atoms with Crippen LogP contribution in [0.4, 0.5) is 0 Å². The van der Waals surface area contributed by atoms with Crippen LogP contribution in [0.3, 0.4) is 0 Å². The minimum absolute atomic E-state index is 0.428. The predicted octanol–water partition coefficient (Wildman–Crippen LogP) is 4.14. The lowest BCUT2D eigenvalue weighted by Gasteiger charge is -2.44. The van der Waals surface area contributed by atoms with E-state index in [0.29, 0.717) is 23.7 Å². The first-order chi connectivity index (χ1) is 9.00. The van der Waals surface area contributed by atoms with E-state index in [1.54, 1.807) is 0 Å². The third kappa shape index (κ3) is 4.19. The maximum atomic E-state index is 6.40. The van der Waals surface area contributed by atoms with E-state index in [2.05, 4.69) is 33.0 Å². The molecule has 2 heteroatoms. The Kier molecular flexibility index (Phi) is 5.30. The smallest absolute Gasteiger partial charge is 0.0734 e. The minimum atomic E-state index is 0.428. The van der Waals surface area contributed by atoms with Crippen molar-refractivity contribution in [3.8, 4) is 0 Å². The second kappa shape index (κ2) is 6.58. The monoisotopic (exact) mass is 267 g/mol. The third-order valence-corrected chi connectivity index (χ3v) is 5.09. The van der Waals surface area contributed by atoms with E-state index in [0.717, 1.165) is 12.5 Å². The van der Waals surface area contributed by atoms with E-state index < -0.39 is 0 Å². The molecular weight excluding hydrogens is 234 g/mol. The molecule has 0 amide bonds. The Hall–Kier alpha value is -0.0800. The van der Waals surface area contributed by atoms with Crippen LogP contribution in [0, 0.1) is 11.3 Å². The van der Waals surface area contributed by atoms with Crippen LogP contribution >= 0.6 is 0 Å². The molecule has 0 heterocycles. The highest BCUT2D eigenvalue weighted by Gasteiger charge is 2.37. The zero-order chi connectivity index (χ0) is 13.9. The van der Waals surface area contributed by atoms with Gasteiger partial charge in [-0.15, -0.1) is 0 Å². The first-order valence-electron chi connectivity index (χ1n) is 8.39. The summed E-state index contributed by atoms with van der Waals surface area (Å²) in [5, 5.41) is 3.72. The van der Waals surface area contributed by atoms with Gasteiger partial charge in [-0.3, -0.25) is 0 Å². The molecule has 2 rings (SSSR count). The van der Waals surface area contributed by atoms with Crippen LogP contribution in [0.1, 0.15) is 72.6 Å². The van der Waals surface area contributed by atoms with Crippen molar-refractivity contribution >= 4 is 0 Å². The van der Waals surface area contributed by atoms with Crippen molar-refractivity contribution in [1.29, 1.82) is 0 Å². The number of hydrogen-bond acceptors (Lipinski definition) is 2. The molecule has 2 aliphatic carbocycles. The molecule has 0 aromatic rings. The van der Waals surface area contributed by atoms with Gasteiger partial charge in [0.2, 0.25) is 0 Å². The van der Waals surface area contributed by atoms with Crippen LogP contribution in [-0.4, -0.2) is 24.8 Å². The second-order valence-corrected chi connectivity index (χ2v) is 7.66. The summed E-state index contributed by atoms with van der Waals surface area (Å²) in [4.78, 5) is 0. The fourth-order valence-corrected chi connectivity index (χ4v) is 3.38. The van der Waals surface area contributed by atoms with Gasteiger partial charge in [0.15, 0.2) is 0 Å². The summed E-state index contributed by atoms with van der Waals surface area (Å²) in [5.41, 5.74) is 0.428. The Labute approximate surface area is 119 Å². The van der Waals surface area contributed by atoms with Crippen LogP contribution in [0.5, 0.6) is 0 Å². The predicted molar refractivity (Wildman–Crippen MR) is 81.4 cm³/mol. The zero-order valence-electron chi connectivity index (χ0n) is 13.4. The fourth-order valence-electron chi connectivity index (χ4n) is 3.38. The van der Waals surface area contributed by atoms with Crippen LogP contribution in [0.15, 0.2) is 0 Å². The van der Waals surface area contributed by atoms with Crippen molar-refractivity contribution in [3.63, 3.8) is 0 Å². The van der Waals surface area contributed by atoms with E-state index in [9.17, 15) is 0 Å². The molecule has 0 aromatic heterocycles. The maximum Gasteiger partial charge on any atom is 0.0734 e. The Morgan fingerprint density at radius 1 is 1.11 bits per heavy atom. The standard InChI is InChI=1S/C17H33NO/c1-5-11-18-15-10-9-13(17(2,3)4)12-16(15)19-14-7-6-8-14/h13-16,18H,5-12H2,1-4H3. The van der Waals surface area contributed by atoms with E-state index >= 15 is 0 Å². The van der Waals surface area contributed by atoms with Gasteiger partial charge in [-0.05, 0) is 62.8 Å². The fraction of sp³-hybridized carbons (Fsp3) is 1.00. The van der Waals surface area contributed by atoms with Gasteiger partial charge in [-0.1, -0.05) is 27.7 Å². The first-order valence-corrected chi connectivity index (χ1v) is 8.39. The number of rotatable bonds is 5. The minimum Gasteiger partial charge on any atom is -0.373 e. The molecule has 2 nitrogen and oxygen atoms in total. The molecule has 19 heavy (non-hydrogen) atoms. The average Bonchev–Trinajstić information content (AvgIpc) is 2.30. The van der Waals surface area contributed by atoms with Crippen molar-refractivity contribution < 1.29 is 4.74 Å². The van der Waals surface area contributed by atoms with E-state index in [-0.39, 0.29) is 0 Å². The molecule has 2 fully saturated rings. The number of ether oxygens (including phenoxy) is 1. The molecule has 1 N–H and O–H groups in total. The molecule has 3 unspecified atom stereocenters. The molecule has 0 aliphatic heterocycles. The molecule has 0 saturated heterocycles. The zero-order valence-corrected chi connectivity index (χ0v) is 13.4. The van der Waals surface area contributed by atoms with Gasteiger partial charge in [0.25, 0.3) is 0 Å². The van der Waals surface area contributed by atoms with Gasteiger partial charge in [0, 0.05) is 6.04 Å². The van der Waals surface area contributed by atoms with Gasteiger partial charge < -0.3 is 10.1 Å². The van der Waals surface area contributed by atoms with Crippen LogP contribution in [0.25, 0.3) is 0 Å². The Bertz CT molecular complexity index is 267. The molecule has 2 aliphatic rings. The summed E-state index contributed by atoms with van der Waals surface area (Å²) in [5.74, 6) is 0.817. The molecule has 112 valence electrons. The summed E-state index contributed by atoms with van der Waals surface area (Å²) in [6, 6.07) is 0.596. The van der Waals surface area contributed by atoms with Gasteiger partial charge in [0.05, 0.1) is 12.2 Å². The van der Waals surface area contributed by atoms with E-state index in [1.165, 1.54) is 44.9 Å². The van der Waals surface area contributed by atoms with Crippen LogP contribution in [0.2, 0.25) is 0 Å². The largest absolute Gasteiger partial charge is 0.373 e. The van der Waals surface area contributed by atoms with E-state index in [4.69, 9.17) is 4.74 Å². The highest BCUT2D eigenvalue weighted by atomic mass is 16.5.